The summed E-state index contributed by atoms with van der Waals surface area (Å²) < 4.78 is 4.68. The summed E-state index contributed by atoms with van der Waals surface area (Å²) in [5.41, 5.74) is 5.80. The zero-order chi connectivity index (χ0) is 10.0. The van der Waals surface area contributed by atoms with Crippen molar-refractivity contribution >= 4 is 5.97 Å². The fraction of sp³-hybridized carbons (Fsp3) is 0.200. The van der Waals surface area contributed by atoms with Crippen LogP contribution in [-0.2, 0) is 16.0 Å². The molecule has 1 aliphatic rings. The van der Waals surface area contributed by atoms with E-state index in [1.165, 1.54) is 6.26 Å². The molecule has 0 radical (unpaired) electrons. The number of hydrogen-bond donors (Lipinski definition) is 1. The smallest absolute Gasteiger partial charge is 0.335 e. The Morgan fingerprint density at radius 2 is 2.14 bits per heavy atom. The van der Waals surface area contributed by atoms with Gasteiger partial charge in [0.15, 0.2) is 0 Å². The number of carbonyl (C=O) groups excluding carboxylic acids is 1. The number of rotatable bonds is 2. The Hall–Kier alpha value is -1.68. The minimum absolute atomic E-state index is 0.408. The predicted molar refractivity (Wildman–Crippen MR) is 50.1 cm³/mol. The maximum atomic E-state index is 11.3. The van der Waals surface area contributed by atoms with E-state index in [0.717, 1.165) is 5.56 Å². The van der Waals surface area contributed by atoms with Crippen LogP contribution in [0.15, 0.2) is 36.9 Å². The van der Waals surface area contributed by atoms with Crippen LogP contribution in [0.25, 0.3) is 0 Å². The Balaban J connectivity index is 2.19. The lowest BCUT2D eigenvalue weighted by molar-refractivity contribution is -0.140. The lowest BCUT2D eigenvalue weighted by Crippen LogP contribution is -2.46. The molecule has 2 rings (SSSR count). The molecular formula is C10H10N2O2. The van der Waals surface area contributed by atoms with Gasteiger partial charge in [0.05, 0.1) is 6.26 Å². The molecule has 0 saturated carbocycles. The van der Waals surface area contributed by atoms with E-state index >= 15 is 0 Å². The SMILES string of the molecule is NC1(Cc2ccncc2)C=COC1=O. The first-order valence-electron chi connectivity index (χ1n) is 4.27. The quantitative estimate of drug-likeness (QED) is 0.685. The third-order valence-corrected chi connectivity index (χ3v) is 2.17. The van der Waals surface area contributed by atoms with Crippen LogP contribution in [-0.4, -0.2) is 16.5 Å². The third kappa shape index (κ3) is 1.52. The molecule has 14 heavy (non-hydrogen) atoms. The number of ether oxygens (including phenoxy) is 1. The molecule has 1 aliphatic heterocycles. The van der Waals surface area contributed by atoms with Crippen molar-refractivity contribution in [2.75, 3.05) is 0 Å². The fourth-order valence-corrected chi connectivity index (χ4v) is 1.36. The Bertz CT molecular complexity index is 375. The summed E-state index contributed by atoms with van der Waals surface area (Å²) >= 11 is 0. The van der Waals surface area contributed by atoms with E-state index in [9.17, 15) is 4.79 Å². The first kappa shape index (κ1) is 8.90. The van der Waals surface area contributed by atoms with Crippen molar-refractivity contribution in [1.29, 1.82) is 0 Å². The zero-order valence-electron chi connectivity index (χ0n) is 7.51. The largest absolute Gasteiger partial charge is 0.433 e. The molecule has 2 N–H and O–H groups in total. The number of hydrogen-bond acceptors (Lipinski definition) is 4. The van der Waals surface area contributed by atoms with Crippen LogP contribution in [0.5, 0.6) is 0 Å². The summed E-state index contributed by atoms with van der Waals surface area (Å²) in [6, 6.07) is 3.65. The van der Waals surface area contributed by atoms with Crippen molar-refractivity contribution < 1.29 is 9.53 Å². The summed E-state index contributed by atoms with van der Waals surface area (Å²) in [6.07, 6.45) is 6.69. The molecule has 4 nitrogen and oxygen atoms in total. The summed E-state index contributed by atoms with van der Waals surface area (Å²) in [5.74, 6) is -0.408. The highest BCUT2D eigenvalue weighted by molar-refractivity contribution is 5.86. The monoisotopic (exact) mass is 190 g/mol. The summed E-state index contributed by atoms with van der Waals surface area (Å²) in [5, 5.41) is 0. The summed E-state index contributed by atoms with van der Waals surface area (Å²) in [4.78, 5) is 15.2. The Morgan fingerprint density at radius 3 is 2.71 bits per heavy atom. The van der Waals surface area contributed by atoms with Crippen LogP contribution < -0.4 is 5.73 Å². The van der Waals surface area contributed by atoms with Crippen LogP contribution in [0.3, 0.4) is 0 Å². The fourth-order valence-electron chi connectivity index (χ4n) is 1.36. The van der Waals surface area contributed by atoms with Crippen LogP contribution in [0.4, 0.5) is 0 Å². The van der Waals surface area contributed by atoms with Gasteiger partial charge in [-0.05, 0) is 23.8 Å². The Kier molecular flexibility index (Phi) is 2.05. The highest BCUT2D eigenvalue weighted by atomic mass is 16.5. The van der Waals surface area contributed by atoms with Crippen LogP contribution in [0, 0.1) is 0 Å². The molecule has 1 aromatic rings. The van der Waals surface area contributed by atoms with Gasteiger partial charge in [0.1, 0.15) is 5.54 Å². The molecule has 0 aromatic carbocycles. The second kappa shape index (κ2) is 3.23. The maximum Gasteiger partial charge on any atom is 0.335 e. The van der Waals surface area contributed by atoms with Crippen molar-refractivity contribution in [1.82, 2.24) is 4.98 Å². The number of pyridine rings is 1. The lowest BCUT2D eigenvalue weighted by Gasteiger charge is -2.17. The third-order valence-electron chi connectivity index (χ3n) is 2.17. The summed E-state index contributed by atoms with van der Waals surface area (Å²) in [7, 11) is 0. The zero-order valence-corrected chi connectivity index (χ0v) is 7.51. The highest BCUT2D eigenvalue weighted by Crippen LogP contribution is 2.18. The average molecular weight is 190 g/mol. The topological polar surface area (TPSA) is 65.2 Å². The lowest BCUT2D eigenvalue weighted by atomic mass is 9.93. The molecule has 1 aromatic heterocycles. The van der Waals surface area contributed by atoms with Gasteiger partial charge in [-0.25, -0.2) is 4.79 Å². The van der Waals surface area contributed by atoms with Crippen molar-refractivity contribution in [2.45, 2.75) is 12.0 Å². The molecule has 0 fully saturated rings. The van der Waals surface area contributed by atoms with E-state index in [1.54, 1.807) is 18.5 Å². The van der Waals surface area contributed by atoms with E-state index in [4.69, 9.17) is 5.73 Å². The number of nitrogens with zero attached hydrogens (tertiary/aromatic N) is 1. The minimum Gasteiger partial charge on any atom is -0.433 e. The number of nitrogens with two attached hydrogens (primary N) is 1. The predicted octanol–water partition coefficient (Wildman–Crippen LogP) is 0.392. The normalized spacial score (nSPS) is 25.1. The van der Waals surface area contributed by atoms with E-state index < -0.39 is 11.5 Å². The minimum atomic E-state index is -1.01. The van der Waals surface area contributed by atoms with Crippen molar-refractivity contribution in [3.63, 3.8) is 0 Å². The molecule has 4 heteroatoms. The Labute approximate surface area is 81.4 Å². The van der Waals surface area contributed by atoms with Crippen molar-refractivity contribution in [2.24, 2.45) is 5.73 Å². The van der Waals surface area contributed by atoms with Gasteiger partial charge in [0.2, 0.25) is 0 Å². The molecule has 2 heterocycles. The van der Waals surface area contributed by atoms with Crippen molar-refractivity contribution in [3.8, 4) is 0 Å². The molecule has 1 atom stereocenters. The van der Waals surface area contributed by atoms with Crippen LogP contribution in [0.1, 0.15) is 5.56 Å². The van der Waals surface area contributed by atoms with Gasteiger partial charge in [-0.15, -0.1) is 0 Å². The van der Waals surface area contributed by atoms with Gasteiger partial charge in [-0.2, -0.15) is 0 Å². The standard InChI is InChI=1S/C10H10N2O2/c11-10(3-6-14-9(10)13)7-8-1-4-12-5-2-8/h1-6H,7,11H2. The summed E-state index contributed by atoms with van der Waals surface area (Å²) in [6.45, 7) is 0. The first-order valence-corrected chi connectivity index (χ1v) is 4.27. The van der Waals surface area contributed by atoms with E-state index in [1.807, 2.05) is 12.1 Å². The van der Waals surface area contributed by atoms with Gasteiger partial charge < -0.3 is 10.5 Å². The molecule has 1 unspecified atom stereocenters. The average Bonchev–Trinajstić information content (AvgIpc) is 2.48. The van der Waals surface area contributed by atoms with Crippen LogP contribution in [0.2, 0.25) is 0 Å². The number of carbonyl (C=O) groups is 1. The van der Waals surface area contributed by atoms with Gasteiger partial charge in [0.25, 0.3) is 0 Å². The maximum absolute atomic E-state index is 11.3. The number of esters is 1. The number of aromatic nitrogens is 1. The van der Waals surface area contributed by atoms with Gasteiger partial charge in [-0.3, -0.25) is 4.98 Å². The highest BCUT2D eigenvalue weighted by Gasteiger charge is 2.36. The van der Waals surface area contributed by atoms with Gasteiger partial charge in [-0.1, -0.05) is 0 Å². The molecule has 0 aliphatic carbocycles. The van der Waals surface area contributed by atoms with Crippen LogP contribution >= 0.6 is 0 Å². The molecule has 72 valence electrons. The molecule has 0 saturated heterocycles. The molecule has 0 amide bonds. The van der Waals surface area contributed by atoms with Gasteiger partial charge >= 0.3 is 5.97 Å². The Morgan fingerprint density at radius 1 is 1.43 bits per heavy atom. The van der Waals surface area contributed by atoms with E-state index in [0.29, 0.717) is 6.42 Å². The molecule has 0 bridgehead atoms. The van der Waals surface area contributed by atoms with Crippen molar-refractivity contribution in [3.05, 3.63) is 42.4 Å². The second-order valence-electron chi connectivity index (χ2n) is 3.28. The second-order valence-corrected chi connectivity index (χ2v) is 3.28. The van der Waals surface area contributed by atoms with E-state index in [-0.39, 0.29) is 0 Å². The number of cyclic esters (lactones) is 1. The molecular weight excluding hydrogens is 180 g/mol. The first-order chi connectivity index (χ1) is 6.71. The van der Waals surface area contributed by atoms with E-state index in [2.05, 4.69) is 9.72 Å². The van der Waals surface area contributed by atoms with Gasteiger partial charge in [0, 0.05) is 18.8 Å². The molecule has 0 spiro atoms.